The molecule has 0 aliphatic rings. The molecule has 1 unspecified atom stereocenters. The maximum atomic E-state index is 12.0. The van der Waals surface area contributed by atoms with Crippen molar-refractivity contribution in [2.45, 2.75) is 13.0 Å². The Hall–Kier alpha value is -1.91. The second-order valence-electron chi connectivity index (χ2n) is 5.49. The van der Waals surface area contributed by atoms with Crippen LogP contribution in [0.2, 0.25) is 0 Å². The first-order chi connectivity index (χ1) is 10.6. The Morgan fingerprint density at radius 2 is 2.14 bits per heavy atom. The predicted molar refractivity (Wildman–Crippen MR) is 94.0 cm³/mol. The number of thiophene rings is 1. The Balaban J connectivity index is 1.91. The smallest absolute Gasteiger partial charge is 0.244 e. The first kappa shape index (κ1) is 16.5. The maximum absolute atomic E-state index is 12.0. The predicted octanol–water partition coefficient (Wildman–Crippen LogP) is 3.49. The van der Waals surface area contributed by atoms with Gasteiger partial charge in [-0.15, -0.1) is 11.3 Å². The summed E-state index contributed by atoms with van der Waals surface area (Å²) in [7, 11) is 4.05. The first-order valence-corrected chi connectivity index (χ1v) is 8.16. The van der Waals surface area contributed by atoms with E-state index in [0.29, 0.717) is 6.54 Å². The fourth-order valence-corrected chi connectivity index (χ4v) is 3.14. The standard InChI is InChI=1S/C18H22N2OS/c1-14-6-4-7-15(12-14)9-10-18(21)19-13-16(20(2)3)17-8-5-11-22-17/h4-12,16H,13H2,1-3H3,(H,19,21)/b10-9+. The van der Waals surface area contributed by atoms with Crippen LogP contribution in [0.15, 0.2) is 47.9 Å². The van der Waals surface area contributed by atoms with Crippen molar-refractivity contribution in [3.63, 3.8) is 0 Å². The minimum atomic E-state index is -0.0649. The van der Waals surface area contributed by atoms with Crippen LogP contribution in [0.4, 0.5) is 0 Å². The van der Waals surface area contributed by atoms with Gasteiger partial charge in [0, 0.05) is 17.5 Å². The van der Waals surface area contributed by atoms with E-state index in [0.717, 1.165) is 5.56 Å². The highest BCUT2D eigenvalue weighted by molar-refractivity contribution is 7.10. The van der Waals surface area contributed by atoms with E-state index < -0.39 is 0 Å². The van der Waals surface area contributed by atoms with Crippen molar-refractivity contribution < 1.29 is 4.79 Å². The molecule has 0 bridgehead atoms. The summed E-state index contributed by atoms with van der Waals surface area (Å²) in [4.78, 5) is 15.4. The van der Waals surface area contributed by atoms with Crippen LogP contribution in [0.5, 0.6) is 0 Å². The highest BCUT2D eigenvalue weighted by Crippen LogP contribution is 2.22. The number of hydrogen-bond donors (Lipinski definition) is 1. The molecular weight excluding hydrogens is 292 g/mol. The zero-order valence-electron chi connectivity index (χ0n) is 13.2. The van der Waals surface area contributed by atoms with E-state index in [1.807, 2.05) is 51.4 Å². The third-order valence-electron chi connectivity index (χ3n) is 3.43. The largest absolute Gasteiger partial charge is 0.351 e. The van der Waals surface area contributed by atoms with E-state index in [1.165, 1.54) is 10.4 Å². The number of amides is 1. The molecule has 22 heavy (non-hydrogen) atoms. The summed E-state index contributed by atoms with van der Waals surface area (Å²) in [6.07, 6.45) is 3.44. The molecule has 1 heterocycles. The second kappa shape index (κ2) is 7.92. The number of carbonyl (C=O) groups excluding carboxylic acids is 1. The number of benzene rings is 1. The van der Waals surface area contributed by atoms with Gasteiger partial charge in [-0.3, -0.25) is 4.79 Å². The van der Waals surface area contributed by atoms with Gasteiger partial charge in [0.25, 0.3) is 0 Å². The van der Waals surface area contributed by atoms with E-state index in [1.54, 1.807) is 17.4 Å². The topological polar surface area (TPSA) is 32.3 Å². The van der Waals surface area contributed by atoms with Gasteiger partial charge in [0.2, 0.25) is 5.91 Å². The first-order valence-electron chi connectivity index (χ1n) is 7.28. The number of likely N-dealkylation sites (N-methyl/N-ethyl adjacent to an activating group) is 1. The molecule has 1 atom stereocenters. The molecule has 1 aromatic heterocycles. The van der Waals surface area contributed by atoms with Crippen LogP contribution in [0.25, 0.3) is 6.08 Å². The zero-order chi connectivity index (χ0) is 15.9. The van der Waals surface area contributed by atoms with Gasteiger partial charge in [-0.05, 0) is 44.1 Å². The minimum absolute atomic E-state index is 0.0649. The molecular formula is C18H22N2OS. The Bertz CT molecular complexity index is 632. The highest BCUT2D eigenvalue weighted by Gasteiger charge is 2.15. The molecule has 1 amide bonds. The summed E-state index contributed by atoms with van der Waals surface area (Å²) in [5.74, 6) is -0.0649. The molecule has 0 saturated carbocycles. The lowest BCUT2D eigenvalue weighted by molar-refractivity contribution is -0.116. The van der Waals surface area contributed by atoms with E-state index >= 15 is 0 Å². The summed E-state index contributed by atoms with van der Waals surface area (Å²) in [6, 6.07) is 12.4. The Morgan fingerprint density at radius 1 is 1.32 bits per heavy atom. The average molecular weight is 314 g/mol. The SMILES string of the molecule is Cc1cccc(/C=C/C(=O)NCC(c2cccs2)N(C)C)c1. The third kappa shape index (κ3) is 4.83. The lowest BCUT2D eigenvalue weighted by Gasteiger charge is -2.23. The van der Waals surface area contributed by atoms with Crippen LogP contribution in [-0.4, -0.2) is 31.4 Å². The lowest BCUT2D eigenvalue weighted by Crippen LogP contribution is -2.33. The average Bonchev–Trinajstić information content (AvgIpc) is 2.99. The molecule has 1 aromatic carbocycles. The van der Waals surface area contributed by atoms with Crippen molar-refractivity contribution in [2.24, 2.45) is 0 Å². The molecule has 0 spiro atoms. The molecule has 1 N–H and O–H groups in total. The maximum Gasteiger partial charge on any atom is 0.244 e. The van der Waals surface area contributed by atoms with Crippen molar-refractivity contribution in [1.82, 2.24) is 10.2 Å². The molecule has 0 fully saturated rings. The monoisotopic (exact) mass is 314 g/mol. The highest BCUT2D eigenvalue weighted by atomic mass is 32.1. The van der Waals surface area contributed by atoms with Crippen molar-refractivity contribution in [1.29, 1.82) is 0 Å². The fourth-order valence-electron chi connectivity index (χ4n) is 2.22. The third-order valence-corrected chi connectivity index (χ3v) is 4.41. The lowest BCUT2D eigenvalue weighted by atomic mass is 10.1. The van der Waals surface area contributed by atoms with Gasteiger partial charge in [-0.25, -0.2) is 0 Å². The Kier molecular flexibility index (Phi) is 5.92. The normalized spacial score (nSPS) is 12.7. The van der Waals surface area contributed by atoms with Crippen LogP contribution in [-0.2, 0) is 4.79 Å². The second-order valence-corrected chi connectivity index (χ2v) is 6.47. The van der Waals surface area contributed by atoms with Crippen LogP contribution in [0.3, 0.4) is 0 Å². The van der Waals surface area contributed by atoms with Crippen molar-refractivity contribution in [3.8, 4) is 0 Å². The number of nitrogens with zero attached hydrogens (tertiary/aromatic N) is 1. The zero-order valence-corrected chi connectivity index (χ0v) is 14.1. The van der Waals surface area contributed by atoms with E-state index in [4.69, 9.17) is 0 Å². The summed E-state index contributed by atoms with van der Waals surface area (Å²) >= 11 is 1.71. The molecule has 0 aliphatic carbocycles. The van der Waals surface area contributed by atoms with E-state index in [2.05, 4.69) is 27.7 Å². The van der Waals surface area contributed by atoms with E-state index in [-0.39, 0.29) is 11.9 Å². The van der Waals surface area contributed by atoms with Crippen molar-refractivity contribution in [3.05, 3.63) is 63.9 Å². The summed E-state index contributed by atoms with van der Waals surface area (Å²) in [6.45, 7) is 2.64. The number of carbonyl (C=O) groups is 1. The number of hydrogen-bond acceptors (Lipinski definition) is 3. The van der Waals surface area contributed by atoms with Crippen LogP contribution < -0.4 is 5.32 Å². The van der Waals surface area contributed by atoms with Gasteiger partial charge < -0.3 is 10.2 Å². The van der Waals surface area contributed by atoms with Crippen molar-refractivity contribution in [2.75, 3.05) is 20.6 Å². The van der Waals surface area contributed by atoms with Crippen LogP contribution >= 0.6 is 11.3 Å². The summed E-state index contributed by atoms with van der Waals surface area (Å²) in [5.41, 5.74) is 2.23. The molecule has 0 radical (unpaired) electrons. The van der Waals surface area contributed by atoms with Gasteiger partial charge in [-0.1, -0.05) is 35.9 Å². The molecule has 2 aromatic rings. The summed E-state index contributed by atoms with van der Waals surface area (Å²) < 4.78 is 0. The van der Waals surface area contributed by atoms with Gasteiger partial charge in [0.1, 0.15) is 0 Å². The number of rotatable bonds is 6. The van der Waals surface area contributed by atoms with Gasteiger partial charge in [0.05, 0.1) is 6.04 Å². The quantitative estimate of drug-likeness (QED) is 0.828. The molecule has 4 heteroatoms. The van der Waals surface area contributed by atoms with E-state index in [9.17, 15) is 4.79 Å². The Morgan fingerprint density at radius 3 is 2.77 bits per heavy atom. The number of aryl methyl sites for hydroxylation is 1. The van der Waals surface area contributed by atoms with Crippen LogP contribution in [0.1, 0.15) is 22.0 Å². The number of nitrogens with one attached hydrogen (secondary N) is 1. The molecule has 3 nitrogen and oxygen atoms in total. The minimum Gasteiger partial charge on any atom is -0.351 e. The van der Waals surface area contributed by atoms with Crippen molar-refractivity contribution >= 4 is 23.3 Å². The molecule has 116 valence electrons. The Labute approximate surface area is 136 Å². The fraction of sp³-hybridized carbons (Fsp3) is 0.278. The van der Waals surface area contributed by atoms with Gasteiger partial charge >= 0.3 is 0 Å². The molecule has 2 rings (SSSR count). The van der Waals surface area contributed by atoms with Gasteiger partial charge in [-0.2, -0.15) is 0 Å². The van der Waals surface area contributed by atoms with Gasteiger partial charge in [0.15, 0.2) is 0 Å². The summed E-state index contributed by atoms with van der Waals surface area (Å²) in [5, 5.41) is 5.04. The molecule has 0 aliphatic heterocycles. The molecule has 0 saturated heterocycles. The van der Waals surface area contributed by atoms with Crippen LogP contribution in [0, 0.1) is 6.92 Å².